The van der Waals surface area contributed by atoms with E-state index in [1.807, 2.05) is 0 Å². The summed E-state index contributed by atoms with van der Waals surface area (Å²) < 4.78 is 0. The number of hydrogen-bond acceptors (Lipinski definition) is 2. The van der Waals surface area contributed by atoms with Gasteiger partial charge in [0.1, 0.15) is 0 Å². The smallest absolute Gasteiger partial charge is 0.0644 e. The number of rotatable bonds is 1. The van der Waals surface area contributed by atoms with Crippen LogP contribution in [0, 0.1) is 5.92 Å². The molecule has 0 spiro atoms. The topological polar surface area (TPSA) is 40.5 Å². The van der Waals surface area contributed by atoms with Gasteiger partial charge in [0.25, 0.3) is 0 Å². The minimum absolute atomic E-state index is 0.0903. The third-order valence-corrected chi connectivity index (χ3v) is 2.39. The van der Waals surface area contributed by atoms with Crippen molar-refractivity contribution in [3.8, 4) is 0 Å². The fourth-order valence-corrected chi connectivity index (χ4v) is 1.76. The molecule has 0 heterocycles. The molecule has 10 heavy (non-hydrogen) atoms. The van der Waals surface area contributed by atoms with Crippen LogP contribution in [-0.4, -0.2) is 21.9 Å². The van der Waals surface area contributed by atoms with Gasteiger partial charge in [-0.2, -0.15) is 0 Å². The van der Waals surface area contributed by atoms with Crippen molar-refractivity contribution in [1.82, 2.24) is 0 Å². The van der Waals surface area contributed by atoms with Crippen LogP contribution in [0.3, 0.4) is 0 Å². The van der Waals surface area contributed by atoms with Gasteiger partial charge >= 0.3 is 0 Å². The average molecular weight is 144 g/mol. The summed E-state index contributed by atoms with van der Waals surface area (Å²) in [7, 11) is 0. The molecule has 2 nitrogen and oxygen atoms in total. The fraction of sp³-hybridized carbons (Fsp3) is 1.00. The first-order valence-electron chi connectivity index (χ1n) is 3.92. The van der Waals surface area contributed by atoms with Gasteiger partial charge in [-0.1, -0.05) is 6.42 Å². The Morgan fingerprint density at radius 3 is 2.10 bits per heavy atom. The molecule has 1 aliphatic carbocycles. The summed E-state index contributed by atoms with van der Waals surface area (Å²) >= 11 is 0. The van der Waals surface area contributed by atoms with E-state index in [9.17, 15) is 10.2 Å². The van der Waals surface area contributed by atoms with E-state index >= 15 is 0 Å². The van der Waals surface area contributed by atoms with Gasteiger partial charge in [-0.25, -0.2) is 0 Å². The molecule has 0 saturated heterocycles. The molecule has 2 atom stereocenters. The maximum Gasteiger partial charge on any atom is 0.0644 e. The van der Waals surface area contributed by atoms with Crippen LogP contribution in [0.2, 0.25) is 0 Å². The standard InChI is InChI=1S/C8H16O2/c1-8(2,10)6-4-3-5-7(6)9/h6-7,9-10H,3-5H2,1-2H3. The molecule has 60 valence electrons. The fourth-order valence-electron chi connectivity index (χ4n) is 1.76. The Hall–Kier alpha value is -0.0800. The second kappa shape index (κ2) is 2.51. The molecule has 1 saturated carbocycles. The summed E-state index contributed by atoms with van der Waals surface area (Å²) in [5.41, 5.74) is -0.698. The van der Waals surface area contributed by atoms with E-state index < -0.39 is 5.60 Å². The van der Waals surface area contributed by atoms with Crippen LogP contribution in [0.25, 0.3) is 0 Å². The first-order chi connectivity index (χ1) is 4.52. The quantitative estimate of drug-likeness (QED) is 0.574. The second-order valence-corrected chi connectivity index (χ2v) is 3.76. The maximum atomic E-state index is 9.53. The largest absolute Gasteiger partial charge is 0.393 e. The molecular formula is C8H16O2. The minimum atomic E-state index is -0.698. The van der Waals surface area contributed by atoms with Crippen molar-refractivity contribution >= 4 is 0 Å². The van der Waals surface area contributed by atoms with Gasteiger partial charge in [-0.3, -0.25) is 0 Å². The zero-order chi connectivity index (χ0) is 7.78. The Kier molecular flexibility index (Phi) is 2.02. The molecule has 1 fully saturated rings. The Bertz CT molecular complexity index is 115. The van der Waals surface area contributed by atoms with Gasteiger partial charge in [0.15, 0.2) is 0 Å². The van der Waals surface area contributed by atoms with E-state index in [1.54, 1.807) is 13.8 Å². The molecule has 0 bridgehead atoms. The molecule has 2 heteroatoms. The van der Waals surface area contributed by atoms with Crippen LogP contribution in [0.1, 0.15) is 33.1 Å². The Morgan fingerprint density at radius 2 is 1.90 bits per heavy atom. The van der Waals surface area contributed by atoms with E-state index in [0.29, 0.717) is 0 Å². The predicted octanol–water partition coefficient (Wildman–Crippen LogP) is 0.918. The van der Waals surface area contributed by atoms with Gasteiger partial charge in [-0.05, 0) is 26.7 Å². The van der Waals surface area contributed by atoms with Crippen LogP contribution in [-0.2, 0) is 0 Å². The van der Waals surface area contributed by atoms with Crippen LogP contribution >= 0.6 is 0 Å². The van der Waals surface area contributed by atoms with E-state index in [2.05, 4.69) is 0 Å². The monoisotopic (exact) mass is 144 g/mol. The summed E-state index contributed by atoms with van der Waals surface area (Å²) in [6.45, 7) is 3.54. The number of aliphatic hydroxyl groups excluding tert-OH is 1. The molecule has 0 radical (unpaired) electrons. The maximum absolute atomic E-state index is 9.53. The van der Waals surface area contributed by atoms with Crippen molar-refractivity contribution in [2.75, 3.05) is 0 Å². The summed E-state index contributed by atoms with van der Waals surface area (Å²) in [6.07, 6.45) is 2.59. The van der Waals surface area contributed by atoms with E-state index in [4.69, 9.17) is 0 Å². The second-order valence-electron chi connectivity index (χ2n) is 3.76. The zero-order valence-electron chi connectivity index (χ0n) is 6.67. The van der Waals surface area contributed by atoms with Crippen molar-refractivity contribution in [3.63, 3.8) is 0 Å². The van der Waals surface area contributed by atoms with Crippen LogP contribution in [0.4, 0.5) is 0 Å². The normalized spacial score (nSPS) is 34.8. The highest BCUT2D eigenvalue weighted by Crippen LogP contribution is 2.33. The van der Waals surface area contributed by atoms with Gasteiger partial charge < -0.3 is 10.2 Å². The van der Waals surface area contributed by atoms with E-state index in [-0.39, 0.29) is 12.0 Å². The summed E-state index contributed by atoms with van der Waals surface area (Å²) in [6, 6.07) is 0. The minimum Gasteiger partial charge on any atom is -0.393 e. The SMILES string of the molecule is CC(C)(O)C1CCCC1O. The van der Waals surface area contributed by atoms with Crippen LogP contribution in [0.15, 0.2) is 0 Å². The lowest BCUT2D eigenvalue weighted by atomic mass is 9.88. The molecule has 0 aromatic rings. The molecule has 0 aromatic heterocycles. The molecule has 1 aliphatic rings. The lowest BCUT2D eigenvalue weighted by molar-refractivity contribution is -0.0314. The van der Waals surface area contributed by atoms with Gasteiger partial charge in [0, 0.05) is 5.92 Å². The third-order valence-electron chi connectivity index (χ3n) is 2.39. The summed E-state index contributed by atoms with van der Waals surface area (Å²) in [5.74, 6) is 0.0903. The first-order valence-corrected chi connectivity index (χ1v) is 3.92. The number of hydrogen-bond donors (Lipinski definition) is 2. The highest BCUT2D eigenvalue weighted by Gasteiger charge is 2.36. The van der Waals surface area contributed by atoms with Gasteiger partial charge in [-0.15, -0.1) is 0 Å². The molecule has 0 amide bonds. The average Bonchev–Trinajstić information content (AvgIpc) is 2.11. The Morgan fingerprint density at radius 1 is 1.30 bits per heavy atom. The predicted molar refractivity (Wildman–Crippen MR) is 39.6 cm³/mol. The number of aliphatic hydroxyl groups is 2. The first kappa shape index (κ1) is 8.02. The molecular weight excluding hydrogens is 128 g/mol. The summed E-state index contributed by atoms with van der Waals surface area (Å²) in [5, 5.41) is 18.9. The Labute approximate surface area is 61.9 Å². The van der Waals surface area contributed by atoms with E-state index in [1.165, 1.54) is 0 Å². The molecule has 0 aromatic carbocycles. The van der Waals surface area contributed by atoms with Crippen molar-refractivity contribution in [1.29, 1.82) is 0 Å². The zero-order valence-corrected chi connectivity index (χ0v) is 6.67. The van der Waals surface area contributed by atoms with Crippen molar-refractivity contribution < 1.29 is 10.2 Å². The lowest BCUT2D eigenvalue weighted by Gasteiger charge is -2.27. The molecule has 2 unspecified atom stereocenters. The summed E-state index contributed by atoms with van der Waals surface area (Å²) in [4.78, 5) is 0. The van der Waals surface area contributed by atoms with Crippen molar-refractivity contribution in [3.05, 3.63) is 0 Å². The van der Waals surface area contributed by atoms with Crippen molar-refractivity contribution in [2.45, 2.75) is 44.8 Å². The van der Waals surface area contributed by atoms with E-state index in [0.717, 1.165) is 19.3 Å². The third kappa shape index (κ3) is 1.50. The highest BCUT2D eigenvalue weighted by molar-refractivity contribution is 4.87. The van der Waals surface area contributed by atoms with Gasteiger partial charge in [0.05, 0.1) is 11.7 Å². The molecule has 0 aliphatic heterocycles. The highest BCUT2D eigenvalue weighted by atomic mass is 16.3. The molecule has 2 N–H and O–H groups in total. The lowest BCUT2D eigenvalue weighted by Crippen LogP contribution is -2.35. The molecule has 1 rings (SSSR count). The van der Waals surface area contributed by atoms with Crippen LogP contribution < -0.4 is 0 Å². The van der Waals surface area contributed by atoms with Crippen molar-refractivity contribution in [2.24, 2.45) is 5.92 Å². The van der Waals surface area contributed by atoms with Gasteiger partial charge in [0.2, 0.25) is 0 Å². The van der Waals surface area contributed by atoms with Crippen LogP contribution in [0.5, 0.6) is 0 Å². The Balaban J connectivity index is 2.55.